The third-order valence-corrected chi connectivity index (χ3v) is 5.68. The molecule has 1 aliphatic rings. The van der Waals surface area contributed by atoms with E-state index in [0.717, 1.165) is 25.8 Å². The molecular formula is C13H27N3O3S. The molecule has 2 atom stereocenters. The smallest absolute Gasteiger partial charge is 0.280 e. The lowest BCUT2D eigenvalue weighted by molar-refractivity contribution is -0.135. The zero-order chi connectivity index (χ0) is 15.3. The number of hydrogen-bond donors (Lipinski definition) is 1. The molecule has 1 rings (SSSR count). The monoisotopic (exact) mass is 305 g/mol. The summed E-state index contributed by atoms with van der Waals surface area (Å²) < 4.78 is 28.0. The third-order valence-electron chi connectivity index (χ3n) is 3.83. The molecule has 0 saturated carbocycles. The molecular weight excluding hydrogens is 278 g/mol. The maximum Gasteiger partial charge on any atom is 0.280 e. The third kappa shape index (κ3) is 4.17. The Hall–Kier alpha value is -0.660. The number of hydrogen-bond acceptors (Lipinski definition) is 3. The first-order valence-corrected chi connectivity index (χ1v) is 8.85. The molecule has 1 saturated heterocycles. The number of carbonyl (C=O) groups excluding carboxylic acids is 1. The molecule has 0 spiro atoms. The predicted molar refractivity (Wildman–Crippen MR) is 79.5 cm³/mol. The lowest BCUT2D eigenvalue weighted by atomic mass is 10.0. The van der Waals surface area contributed by atoms with Crippen molar-refractivity contribution in [3.8, 4) is 0 Å². The van der Waals surface area contributed by atoms with Gasteiger partial charge in [0.1, 0.15) is 0 Å². The van der Waals surface area contributed by atoms with Crippen molar-refractivity contribution in [2.75, 3.05) is 19.6 Å². The van der Waals surface area contributed by atoms with Crippen molar-refractivity contribution in [3.63, 3.8) is 0 Å². The second-order valence-corrected chi connectivity index (χ2v) is 7.01. The van der Waals surface area contributed by atoms with Crippen molar-refractivity contribution < 1.29 is 13.2 Å². The number of nitrogens with one attached hydrogen (secondary N) is 1. The van der Waals surface area contributed by atoms with Crippen molar-refractivity contribution in [3.05, 3.63) is 0 Å². The Labute approximate surface area is 122 Å². The molecule has 1 fully saturated rings. The first-order chi connectivity index (χ1) is 9.33. The van der Waals surface area contributed by atoms with Crippen LogP contribution in [0.15, 0.2) is 0 Å². The van der Waals surface area contributed by atoms with Gasteiger partial charge < -0.3 is 4.90 Å². The van der Waals surface area contributed by atoms with E-state index >= 15 is 0 Å². The fourth-order valence-corrected chi connectivity index (χ4v) is 3.96. The summed E-state index contributed by atoms with van der Waals surface area (Å²) in [5.41, 5.74) is 0. The zero-order valence-corrected chi connectivity index (χ0v) is 13.7. The van der Waals surface area contributed by atoms with Gasteiger partial charge in [0.25, 0.3) is 10.2 Å². The van der Waals surface area contributed by atoms with Crippen LogP contribution in [-0.4, -0.2) is 55.2 Å². The summed E-state index contributed by atoms with van der Waals surface area (Å²) in [6.45, 7) is 8.70. The zero-order valence-electron chi connectivity index (χ0n) is 12.9. The molecule has 1 heterocycles. The summed E-state index contributed by atoms with van der Waals surface area (Å²) in [4.78, 5) is 14.2. The largest absolute Gasteiger partial charge is 0.339 e. The number of nitrogens with zero attached hydrogens (tertiary/aromatic N) is 2. The van der Waals surface area contributed by atoms with Crippen LogP contribution in [0.25, 0.3) is 0 Å². The Morgan fingerprint density at radius 2 is 1.95 bits per heavy atom. The highest BCUT2D eigenvalue weighted by molar-refractivity contribution is 7.87. The normalized spacial score (nSPS) is 22.1. The van der Waals surface area contributed by atoms with Gasteiger partial charge in [-0.25, -0.2) is 0 Å². The van der Waals surface area contributed by atoms with Crippen LogP contribution in [0.5, 0.6) is 0 Å². The number of carbonyl (C=O) groups is 1. The lowest BCUT2D eigenvalue weighted by Gasteiger charge is -2.35. The van der Waals surface area contributed by atoms with Gasteiger partial charge in [-0.2, -0.15) is 17.4 Å². The van der Waals surface area contributed by atoms with Gasteiger partial charge in [0.2, 0.25) is 5.91 Å². The van der Waals surface area contributed by atoms with E-state index in [-0.39, 0.29) is 11.9 Å². The molecule has 7 heteroatoms. The van der Waals surface area contributed by atoms with E-state index in [2.05, 4.69) is 4.72 Å². The summed E-state index contributed by atoms with van der Waals surface area (Å²) in [7, 11) is -3.59. The summed E-state index contributed by atoms with van der Waals surface area (Å²) in [5, 5.41) is 0. The van der Waals surface area contributed by atoms with Crippen molar-refractivity contribution in [1.82, 2.24) is 13.9 Å². The van der Waals surface area contributed by atoms with Crippen LogP contribution in [0.4, 0.5) is 0 Å². The van der Waals surface area contributed by atoms with Crippen molar-refractivity contribution >= 4 is 16.1 Å². The highest BCUT2D eigenvalue weighted by Crippen LogP contribution is 2.17. The van der Waals surface area contributed by atoms with E-state index < -0.39 is 16.3 Å². The molecule has 118 valence electrons. The lowest BCUT2D eigenvalue weighted by Crippen LogP contribution is -2.53. The maximum atomic E-state index is 12.4. The van der Waals surface area contributed by atoms with E-state index in [1.54, 1.807) is 25.7 Å². The minimum Gasteiger partial charge on any atom is -0.339 e. The fourth-order valence-electron chi connectivity index (χ4n) is 2.59. The first-order valence-electron chi connectivity index (χ1n) is 7.41. The quantitative estimate of drug-likeness (QED) is 0.794. The van der Waals surface area contributed by atoms with E-state index in [1.165, 1.54) is 4.31 Å². The van der Waals surface area contributed by atoms with Gasteiger partial charge in [0.05, 0.1) is 6.04 Å². The Kier molecular flexibility index (Phi) is 6.42. The Bertz CT molecular complexity index is 421. The molecule has 1 aliphatic heterocycles. The van der Waals surface area contributed by atoms with E-state index in [0.29, 0.717) is 13.1 Å². The highest BCUT2D eigenvalue weighted by atomic mass is 32.2. The molecule has 20 heavy (non-hydrogen) atoms. The van der Waals surface area contributed by atoms with Gasteiger partial charge in [0.15, 0.2) is 0 Å². The molecule has 0 aromatic heterocycles. The Balaban J connectivity index is 2.70. The second-order valence-electron chi connectivity index (χ2n) is 5.31. The number of likely N-dealkylation sites (tertiary alicyclic amines) is 1. The van der Waals surface area contributed by atoms with Gasteiger partial charge in [-0.1, -0.05) is 13.8 Å². The number of amides is 1. The topological polar surface area (TPSA) is 69.7 Å². The van der Waals surface area contributed by atoms with Crippen LogP contribution in [0.3, 0.4) is 0 Å². The average Bonchev–Trinajstić information content (AvgIpc) is 2.39. The number of piperidine rings is 1. The minimum atomic E-state index is -3.59. The molecule has 6 nitrogen and oxygen atoms in total. The fraction of sp³-hybridized carbons (Fsp3) is 0.923. The first kappa shape index (κ1) is 17.4. The van der Waals surface area contributed by atoms with Gasteiger partial charge >= 0.3 is 0 Å². The molecule has 0 aromatic rings. The SMILES string of the molecule is CCN(CC)S(=O)(=O)N[C@@H](C)C(=O)N1CCCC[C@@H]1C. The minimum absolute atomic E-state index is 0.132. The molecule has 1 amide bonds. The van der Waals surface area contributed by atoms with Gasteiger partial charge in [0, 0.05) is 25.7 Å². The Morgan fingerprint density at radius 1 is 1.35 bits per heavy atom. The van der Waals surface area contributed by atoms with Crippen LogP contribution < -0.4 is 4.72 Å². The van der Waals surface area contributed by atoms with E-state index in [9.17, 15) is 13.2 Å². The van der Waals surface area contributed by atoms with Crippen LogP contribution in [-0.2, 0) is 15.0 Å². The summed E-state index contributed by atoms with van der Waals surface area (Å²) >= 11 is 0. The van der Waals surface area contributed by atoms with Crippen LogP contribution in [0, 0.1) is 0 Å². The second kappa shape index (κ2) is 7.38. The molecule has 0 aliphatic carbocycles. The number of rotatable bonds is 6. The van der Waals surface area contributed by atoms with Gasteiger partial charge in [-0.15, -0.1) is 0 Å². The summed E-state index contributed by atoms with van der Waals surface area (Å²) in [6, 6.07) is -0.530. The average molecular weight is 305 g/mol. The van der Waals surface area contributed by atoms with Crippen LogP contribution in [0.1, 0.15) is 47.0 Å². The summed E-state index contributed by atoms with van der Waals surface area (Å²) in [5.74, 6) is -0.132. The van der Waals surface area contributed by atoms with Gasteiger partial charge in [-0.05, 0) is 33.1 Å². The molecule has 0 aromatic carbocycles. The van der Waals surface area contributed by atoms with Crippen LogP contribution in [0.2, 0.25) is 0 Å². The molecule has 0 radical (unpaired) electrons. The predicted octanol–water partition coefficient (Wildman–Crippen LogP) is 0.952. The molecule has 0 bridgehead atoms. The van der Waals surface area contributed by atoms with Crippen molar-refractivity contribution in [1.29, 1.82) is 0 Å². The van der Waals surface area contributed by atoms with Crippen LogP contribution >= 0.6 is 0 Å². The van der Waals surface area contributed by atoms with E-state index in [4.69, 9.17) is 0 Å². The summed E-state index contributed by atoms with van der Waals surface area (Å²) in [6.07, 6.45) is 3.11. The molecule has 0 unspecified atom stereocenters. The van der Waals surface area contributed by atoms with Crippen molar-refractivity contribution in [2.24, 2.45) is 0 Å². The maximum absolute atomic E-state index is 12.4. The van der Waals surface area contributed by atoms with E-state index in [1.807, 2.05) is 6.92 Å². The standard InChI is InChI=1S/C13H27N3O3S/c1-5-15(6-2)20(18,19)14-12(4)13(17)16-10-8-7-9-11(16)3/h11-12,14H,5-10H2,1-4H3/t11-,12-/m0/s1. The van der Waals surface area contributed by atoms with Crippen molar-refractivity contribution in [2.45, 2.75) is 59.0 Å². The molecule has 1 N–H and O–H groups in total. The Morgan fingerprint density at radius 3 is 2.45 bits per heavy atom. The highest BCUT2D eigenvalue weighted by Gasteiger charge is 2.30. The van der Waals surface area contributed by atoms with Gasteiger partial charge in [-0.3, -0.25) is 4.79 Å².